The van der Waals surface area contributed by atoms with Crippen molar-refractivity contribution in [2.75, 3.05) is 4.90 Å². The van der Waals surface area contributed by atoms with Gasteiger partial charge in [-0.2, -0.15) is 0 Å². The molecule has 0 unspecified atom stereocenters. The quantitative estimate of drug-likeness (QED) is 0.793. The summed E-state index contributed by atoms with van der Waals surface area (Å²) in [7, 11) is 0. The summed E-state index contributed by atoms with van der Waals surface area (Å²) in [6.45, 7) is 2.62. The Hall–Kier alpha value is -2.88. The summed E-state index contributed by atoms with van der Waals surface area (Å²) in [5.74, 6) is -0.783. The molecule has 4 heteroatoms. The highest BCUT2D eigenvalue weighted by Crippen LogP contribution is 2.32. The van der Waals surface area contributed by atoms with Crippen LogP contribution in [0.5, 0.6) is 0 Å². The molecule has 134 valence electrons. The summed E-state index contributed by atoms with van der Waals surface area (Å²) >= 11 is 0. The lowest BCUT2D eigenvalue weighted by atomic mass is 9.95. The van der Waals surface area contributed by atoms with Crippen molar-refractivity contribution in [3.8, 4) is 0 Å². The third-order valence-electron chi connectivity index (χ3n) is 4.70. The average molecular weight is 349 g/mol. The molecule has 0 spiro atoms. The van der Waals surface area contributed by atoms with Crippen LogP contribution >= 0.6 is 0 Å². The molecule has 3 rings (SSSR count). The number of benzene rings is 2. The Bertz CT molecular complexity index is 854. The summed E-state index contributed by atoms with van der Waals surface area (Å²) in [6, 6.07) is 16.1. The first kappa shape index (κ1) is 17.9. The highest BCUT2D eigenvalue weighted by molar-refractivity contribution is 5.98. The number of carbonyl (C=O) groups excluding carboxylic acids is 1. The fourth-order valence-corrected chi connectivity index (χ4v) is 3.37. The summed E-state index contributed by atoms with van der Waals surface area (Å²) in [5, 5.41) is 8.76. The molecule has 0 radical (unpaired) electrons. The van der Waals surface area contributed by atoms with E-state index in [0.29, 0.717) is 25.8 Å². The molecular formula is C22H23NO3. The predicted molar refractivity (Wildman–Crippen MR) is 104 cm³/mol. The van der Waals surface area contributed by atoms with E-state index in [0.717, 1.165) is 22.4 Å². The Morgan fingerprint density at radius 1 is 1.00 bits per heavy atom. The van der Waals surface area contributed by atoms with E-state index < -0.39 is 5.97 Å². The van der Waals surface area contributed by atoms with Crippen LogP contribution in [0.25, 0.3) is 11.6 Å². The number of hydrogen-bond acceptors (Lipinski definition) is 2. The largest absolute Gasteiger partial charge is 0.481 e. The van der Waals surface area contributed by atoms with Crippen molar-refractivity contribution >= 4 is 29.2 Å². The number of nitrogens with zero attached hydrogens (tertiary/aromatic N) is 1. The van der Waals surface area contributed by atoms with E-state index in [-0.39, 0.29) is 12.3 Å². The number of rotatable bonds is 5. The van der Waals surface area contributed by atoms with Gasteiger partial charge in [0.2, 0.25) is 5.91 Å². The number of allylic oxidation sites excluding steroid dienone is 1. The minimum Gasteiger partial charge on any atom is -0.481 e. The van der Waals surface area contributed by atoms with Crippen LogP contribution in [0, 0.1) is 0 Å². The third-order valence-corrected chi connectivity index (χ3v) is 4.70. The minimum atomic E-state index is -0.816. The number of amides is 1. The monoisotopic (exact) mass is 349 g/mol. The summed E-state index contributed by atoms with van der Waals surface area (Å²) in [6.07, 6.45) is 3.69. The molecule has 0 saturated carbocycles. The van der Waals surface area contributed by atoms with Crippen molar-refractivity contribution in [1.82, 2.24) is 0 Å². The zero-order valence-corrected chi connectivity index (χ0v) is 14.9. The summed E-state index contributed by atoms with van der Waals surface area (Å²) in [4.78, 5) is 25.4. The second kappa shape index (κ2) is 8.00. The smallest absolute Gasteiger partial charge is 0.303 e. The van der Waals surface area contributed by atoms with Gasteiger partial charge in [0.1, 0.15) is 0 Å². The molecule has 0 aliphatic carbocycles. The van der Waals surface area contributed by atoms with E-state index in [1.165, 1.54) is 5.57 Å². The number of anilines is 1. The number of carboxylic acids is 1. The third kappa shape index (κ3) is 4.02. The van der Waals surface area contributed by atoms with Crippen LogP contribution in [0.15, 0.2) is 48.5 Å². The Labute approximate surface area is 153 Å². The van der Waals surface area contributed by atoms with Crippen LogP contribution in [0.4, 0.5) is 5.69 Å². The number of para-hydroxylation sites is 1. The maximum atomic E-state index is 12.9. The zero-order valence-electron chi connectivity index (χ0n) is 14.9. The van der Waals surface area contributed by atoms with Crippen LogP contribution in [0.3, 0.4) is 0 Å². The van der Waals surface area contributed by atoms with Gasteiger partial charge in [0.05, 0.1) is 12.2 Å². The van der Waals surface area contributed by atoms with Gasteiger partial charge in [-0.1, -0.05) is 42.5 Å². The number of aliphatic carboxylic acids is 1. The Morgan fingerprint density at radius 3 is 2.50 bits per heavy atom. The van der Waals surface area contributed by atoms with Gasteiger partial charge in [-0.25, -0.2) is 0 Å². The first-order valence-corrected chi connectivity index (χ1v) is 8.94. The lowest BCUT2D eigenvalue weighted by molar-refractivity contribution is -0.137. The molecule has 1 amide bonds. The van der Waals surface area contributed by atoms with Crippen molar-refractivity contribution < 1.29 is 14.7 Å². The lowest BCUT2D eigenvalue weighted by Crippen LogP contribution is -2.31. The second-order valence-corrected chi connectivity index (χ2v) is 6.62. The molecule has 1 aliphatic heterocycles. The minimum absolute atomic E-state index is 0.0330. The van der Waals surface area contributed by atoms with Crippen molar-refractivity contribution in [1.29, 1.82) is 0 Å². The Kier molecular flexibility index (Phi) is 5.52. The van der Waals surface area contributed by atoms with Crippen molar-refractivity contribution in [2.45, 2.75) is 39.2 Å². The molecule has 2 aromatic rings. The van der Waals surface area contributed by atoms with Crippen molar-refractivity contribution in [2.24, 2.45) is 0 Å². The topological polar surface area (TPSA) is 57.6 Å². The van der Waals surface area contributed by atoms with Crippen molar-refractivity contribution in [3.63, 3.8) is 0 Å². The van der Waals surface area contributed by atoms with E-state index in [2.05, 4.69) is 25.1 Å². The van der Waals surface area contributed by atoms with Crippen LogP contribution < -0.4 is 4.90 Å². The summed E-state index contributed by atoms with van der Waals surface area (Å²) in [5.41, 5.74) is 5.39. The fraction of sp³-hybridized carbons (Fsp3) is 0.273. The number of unbranched alkanes of at least 4 members (excludes halogenated alkanes) is 1. The predicted octanol–water partition coefficient (Wildman–Crippen LogP) is 4.74. The molecule has 0 fully saturated rings. The average Bonchev–Trinajstić information content (AvgIpc) is 2.62. The van der Waals surface area contributed by atoms with Gasteiger partial charge < -0.3 is 10.0 Å². The van der Waals surface area contributed by atoms with E-state index in [1.807, 2.05) is 41.3 Å². The normalized spacial score (nSPS) is 15.1. The number of carboxylic acid groups (broad SMARTS) is 1. The highest BCUT2D eigenvalue weighted by atomic mass is 16.4. The van der Waals surface area contributed by atoms with Crippen molar-refractivity contribution in [3.05, 3.63) is 65.2 Å². The molecule has 0 saturated heterocycles. The molecule has 2 aromatic carbocycles. The first-order chi connectivity index (χ1) is 12.6. The zero-order chi connectivity index (χ0) is 18.5. The van der Waals surface area contributed by atoms with Crippen LogP contribution in [0.1, 0.15) is 49.3 Å². The standard InChI is InChI=1S/C22H23NO3/c1-16-14-17-8-3-5-11-20(17)23(15-18-9-2-4-10-19(16)18)21(24)12-6-7-13-22(25)26/h2-5,8-11,14H,6-7,12-13,15H2,1H3,(H,25,26)/b16-14-. The summed E-state index contributed by atoms with van der Waals surface area (Å²) < 4.78 is 0. The van der Waals surface area contributed by atoms with E-state index >= 15 is 0 Å². The van der Waals surface area contributed by atoms with Gasteiger partial charge in [0.25, 0.3) is 0 Å². The van der Waals surface area contributed by atoms with Crippen LogP contribution in [0.2, 0.25) is 0 Å². The maximum absolute atomic E-state index is 12.9. The molecule has 0 aromatic heterocycles. The fourth-order valence-electron chi connectivity index (χ4n) is 3.37. The molecule has 1 N–H and O–H groups in total. The molecule has 4 nitrogen and oxygen atoms in total. The van der Waals surface area contributed by atoms with Gasteiger partial charge in [0.15, 0.2) is 0 Å². The molecular weight excluding hydrogens is 326 g/mol. The molecule has 0 atom stereocenters. The Morgan fingerprint density at radius 2 is 1.69 bits per heavy atom. The van der Waals surface area contributed by atoms with Crippen LogP contribution in [-0.4, -0.2) is 17.0 Å². The second-order valence-electron chi connectivity index (χ2n) is 6.62. The maximum Gasteiger partial charge on any atom is 0.303 e. The number of hydrogen-bond donors (Lipinski definition) is 1. The molecule has 1 heterocycles. The highest BCUT2D eigenvalue weighted by Gasteiger charge is 2.21. The number of fused-ring (bicyclic) bond motifs is 2. The Balaban J connectivity index is 1.91. The van der Waals surface area contributed by atoms with Gasteiger partial charge in [-0.3, -0.25) is 9.59 Å². The molecule has 1 aliphatic rings. The van der Waals surface area contributed by atoms with E-state index in [1.54, 1.807) is 0 Å². The van der Waals surface area contributed by atoms with E-state index in [4.69, 9.17) is 5.11 Å². The lowest BCUT2D eigenvalue weighted by Gasteiger charge is -2.28. The SMILES string of the molecule is C/C1=C/c2ccccc2N(C(=O)CCCCC(=O)O)Cc2ccccc21. The van der Waals surface area contributed by atoms with Gasteiger partial charge >= 0.3 is 5.97 Å². The van der Waals surface area contributed by atoms with Gasteiger partial charge in [-0.05, 0) is 54.2 Å². The molecule has 26 heavy (non-hydrogen) atoms. The van der Waals surface area contributed by atoms with Crippen LogP contribution in [-0.2, 0) is 16.1 Å². The van der Waals surface area contributed by atoms with Gasteiger partial charge in [-0.15, -0.1) is 0 Å². The first-order valence-electron chi connectivity index (χ1n) is 8.94. The van der Waals surface area contributed by atoms with Gasteiger partial charge in [0, 0.05) is 12.8 Å². The van der Waals surface area contributed by atoms with E-state index in [9.17, 15) is 9.59 Å². The molecule has 0 bridgehead atoms. The number of carbonyl (C=O) groups is 2.